The number of allylic oxidation sites excluding steroid dienone is 4. The third-order valence-corrected chi connectivity index (χ3v) is 6.01. The van der Waals surface area contributed by atoms with Crippen LogP contribution in [0.5, 0.6) is 0 Å². The minimum Gasteiger partial charge on any atom is -0.481 e. The maximum Gasteiger partial charge on any atom is 0.303 e. The van der Waals surface area contributed by atoms with Crippen LogP contribution in [-0.2, 0) is 4.79 Å². The zero-order valence-electron chi connectivity index (χ0n) is 16.8. The molecule has 2 rings (SSSR count). The molecule has 1 unspecified atom stereocenters. The normalized spacial score (nSPS) is 30.0. The van der Waals surface area contributed by atoms with Gasteiger partial charge in [-0.2, -0.15) is 0 Å². The Labute approximate surface area is 163 Å². The molecule has 0 aromatic rings. The first-order chi connectivity index (χ1) is 12.9. The molecule has 0 aromatic heterocycles. The molecule has 0 aliphatic heterocycles. The Morgan fingerprint density at radius 3 is 2.89 bits per heavy atom. The summed E-state index contributed by atoms with van der Waals surface area (Å²) in [6.45, 7) is 4.38. The summed E-state index contributed by atoms with van der Waals surface area (Å²) < 4.78 is 0. The molecule has 0 bridgehead atoms. The van der Waals surface area contributed by atoms with E-state index in [0.717, 1.165) is 25.7 Å². The van der Waals surface area contributed by atoms with E-state index in [1.165, 1.54) is 18.4 Å². The lowest BCUT2D eigenvalue weighted by Crippen LogP contribution is -2.18. The fourth-order valence-electron chi connectivity index (χ4n) is 4.53. The van der Waals surface area contributed by atoms with Crippen LogP contribution in [-0.4, -0.2) is 33.5 Å². The Bertz CT molecular complexity index is 563. The van der Waals surface area contributed by atoms with Crippen molar-refractivity contribution in [3.63, 3.8) is 0 Å². The third kappa shape index (κ3) is 6.93. The van der Waals surface area contributed by atoms with Gasteiger partial charge in [0.05, 0.1) is 12.2 Å². The van der Waals surface area contributed by atoms with Crippen LogP contribution < -0.4 is 0 Å². The largest absolute Gasteiger partial charge is 0.481 e. The fraction of sp³-hybridized carbons (Fsp3) is 0.696. The van der Waals surface area contributed by atoms with Crippen molar-refractivity contribution in [1.29, 1.82) is 0 Å². The SMILES string of the molecule is CCCCC(C)C[C@H](O)/C=C\[C@H]1[C@H]2CC(C=CCCC(=O)O)=C[C@H]2C[C@H]1O. The lowest BCUT2D eigenvalue weighted by Gasteiger charge is -2.19. The standard InChI is InChI=1S/C23H36O4/c1-3-4-7-16(2)12-19(24)10-11-20-21-14-17(8-5-6-9-23(26)27)13-18(21)15-22(20)25/h5,8,10-11,13,16,18-22,24-25H,3-4,6-7,9,12,14-15H2,1-2H3,(H,26,27)/b8-5?,11-10-/t16?,18-,19+,20-,21-,22+/m0/s1. The molecule has 0 radical (unpaired) electrons. The molecule has 0 heterocycles. The van der Waals surface area contributed by atoms with Gasteiger partial charge in [-0.15, -0.1) is 0 Å². The molecular formula is C23H36O4. The van der Waals surface area contributed by atoms with Gasteiger partial charge in [-0.3, -0.25) is 4.79 Å². The highest BCUT2D eigenvalue weighted by molar-refractivity contribution is 5.66. The molecule has 27 heavy (non-hydrogen) atoms. The van der Waals surface area contributed by atoms with Gasteiger partial charge >= 0.3 is 5.97 Å². The first-order valence-electron chi connectivity index (χ1n) is 10.5. The molecule has 3 N–H and O–H groups in total. The van der Waals surface area contributed by atoms with Crippen LogP contribution in [0, 0.1) is 23.7 Å². The van der Waals surface area contributed by atoms with Crippen LogP contribution in [0.25, 0.3) is 0 Å². The highest BCUT2D eigenvalue weighted by atomic mass is 16.4. The van der Waals surface area contributed by atoms with E-state index in [-0.39, 0.29) is 18.4 Å². The van der Waals surface area contributed by atoms with Gasteiger partial charge < -0.3 is 15.3 Å². The van der Waals surface area contributed by atoms with Crippen molar-refractivity contribution >= 4 is 5.97 Å². The molecule has 0 spiro atoms. The molecule has 4 nitrogen and oxygen atoms in total. The lowest BCUT2D eigenvalue weighted by molar-refractivity contribution is -0.136. The summed E-state index contributed by atoms with van der Waals surface area (Å²) in [5.41, 5.74) is 1.24. The van der Waals surface area contributed by atoms with E-state index in [2.05, 4.69) is 19.9 Å². The second-order valence-electron chi connectivity index (χ2n) is 8.42. The highest BCUT2D eigenvalue weighted by Crippen LogP contribution is 2.47. The molecule has 0 amide bonds. The smallest absolute Gasteiger partial charge is 0.303 e. The molecular weight excluding hydrogens is 340 g/mol. The summed E-state index contributed by atoms with van der Waals surface area (Å²) in [6.07, 6.45) is 16.1. The Balaban J connectivity index is 1.84. The van der Waals surface area contributed by atoms with Gasteiger partial charge in [-0.25, -0.2) is 0 Å². The van der Waals surface area contributed by atoms with E-state index >= 15 is 0 Å². The average molecular weight is 377 g/mol. The van der Waals surface area contributed by atoms with E-state index in [4.69, 9.17) is 5.11 Å². The Kier molecular flexibility index (Phi) is 8.78. The maximum absolute atomic E-state index is 10.6. The van der Waals surface area contributed by atoms with Gasteiger partial charge in [0.25, 0.3) is 0 Å². The molecule has 0 saturated heterocycles. The van der Waals surface area contributed by atoms with Crippen molar-refractivity contribution in [3.05, 3.63) is 36.0 Å². The van der Waals surface area contributed by atoms with Crippen molar-refractivity contribution < 1.29 is 20.1 Å². The van der Waals surface area contributed by atoms with Crippen LogP contribution in [0.1, 0.15) is 65.2 Å². The fourth-order valence-corrected chi connectivity index (χ4v) is 4.53. The van der Waals surface area contributed by atoms with E-state index < -0.39 is 12.1 Å². The zero-order chi connectivity index (χ0) is 19.8. The van der Waals surface area contributed by atoms with E-state index in [9.17, 15) is 15.0 Å². The summed E-state index contributed by atoms with van der Waals surface area (Å²) in [5.74, 6) is 0.612. The summed E-state index contributed by atoms with van der Waals surface area (Å²) >= 11 is 0. The van der Waals surface area contributed by atoms with Crippen LogP contribution >= 0.6 is 0 Å². The van der Waals surface area contributed by atoms with Gasteiger partial charge in [-0.05, 0) is 43.4 Å². The molecule has 1 saturated carbocycles. The van der Waals surface area contributed by atoms with Crippen molar-refractivity contribution in [3.8, 4) is 0 Å². The van der Waals surface area contributed by atoms with Gasteiger partial charge in [0.1, 0.15) is 0 Å². The first-order valence-corrected chi connectivity index (χ1v) is 10.5. The average Bonchev–Trinajstić information content (AvgIpc) is 3.11. The second-order valence-corrected chi connectivity index (χ2v) is 8.42. The molecule has 4 heteroatoms. The number of unbranched alkanes of at least 4 members (excludes halogenated alkanes) is 1. The first kappa shape index (κ1) is 21.9. The maximum atomic E-state index is 10.6. The van der Waals surface area contributed by atoms with Gasteiger partial charge in [0, 0.05) is 12.3 Å². The minimum absolute atomic E-state index is 0.0942. The monoisotopic (exact) mass is 376 g/mol. The van der Waals surface area contributed by atoms with Gasteiger partial charge in [0.2, 0.25) is 0 Å². The van der Waals surface area contributed by atoms with Crippen molar-refractivity contribution in [2.24, 2.45) is 23.7 Å². The number of hydrogen-bond donors (Lipinski definition) is 3. The van der Waals surface area contributed by atoms with Crippen LogP contribution in [0.2, 0.25) is 0 Å². The Hall–Kier alpha value is -1.39. The van der Waals surface area contributed by atoms with Gasteiger partial charge in [-0.1, -0.05) is 69.1 Å². The molecule has 1 fully saturated rings. The zero-order valence-corrected chi connectivity index (χ0v) is 16.8. The summed E-state index contributed by atoms with van der Waals surface area (Å²) in [7, 11) is 0. The summed E-state index contributed by atoms with van der Waals surface area (Å²) in [6, 6.07) is 0. The number of hydrogen-bond acceptors (Lipinski definition) is 3. The highest BCUT2D eigenvalue weighted by Gasteiger charge is 2.42. The predicted molar refractivity (Wildman–Crippen MR) is 108 cm³/mol. The van der Waals surface area contributed by atoms with E-state index in [1.54, 1.807) is 0 Å². The number of carboxylic acid groups (broad SMARTS) is 1. The number of fused-ring (bicyclic) bond motifs is 1. The number of carboxylic acids is 1. The topological polar surface area (TPSA) is 77.8 Å². The van der Waals surface area contributed by atoms with E-state index in [1.807, 2.05) is 24.3 Å². The van der Waals surface area contributed by atoms with Crippen LogP contribution in [0.3, 0.4) is 0 Å². The number of aliphatic hydroxyl groups is 2. The molecule has 2 aliphatic carbocycles. The molecule has 6 atom stereocenters. The Morgan fingerprint density at radius 2 is 2.19 bits per heavy atom. The number of carbonyl (C=O) groups is 1. The van der Waals surface area contributed by atoms with Crippen LogP contribution in [0.4, 0.5) is 0 Å². The lowest BCUT2D eigenvalue weighted by atomic mass is 9.88. The van der Waals surface area contributed by atoms with Gasteiger partial charge in [0.15, 0.2) is 0 Å². The summed E-state index contributed by atoms with van der Waals surface area (Å²) in [5, 5.41) is 29.4. The minimum atomic E-state index is -0.771. The van der Waals surface area contributed by atoms with Crippen molar-refractivity contribution in [2.75, 3.05) is 0 Å². The quantitative estimate of drug-likeness (QED) is 0.465. The number of aliphatic carboxylic acids is 1. The number of rotatable bonds is 11. The van der Waals surface area contributed by atoms with Crippen molar-refractivity contribution in [2.45, 2.75) is 77.4 Å². The molecule has 2 aliphatic rings. The second kappa shape index (κ2) is 10.8. The Morgan fingerprint density at radius 1 is 1.41 bits per heavy atom. The summed E-state index contributed by atoms with van der Waals surface area (Å²) in [4.78, 5) is 10.6. The number of aliphatic hydroxyl groups excluding tert-OH is 2. The van der Waals surface area contributed by atoms with E-state index in [0.29, 0.717) is 24.2 Å². The van der Waals surface area contributed by atoms with Crippen molar-refractivity contribution in [1.82, 2.24) is 0 Å². The predicted octanol–water partition coefficient (Wildman–Crippen LogP) is 4.48. The molecule has 0 aromatic carbocycles. The molecule has 152 valence electrons. The third-order valence-electron chi connectivity index (χ3n) is 6.01. The van der Waals surface area contributed by atoms with Crippen LogP contribution in [0.15, 0.2) is 36.0 Å².